The SMILES string of the molecule is C=C(C)C[C@@]1(c2ccccc2)C[C@H](c2ccc(C)cc2)[C@@H](C(=O)OCC)C(=O)O1. The van der Waals surface area contributed by atoms with E-state index in [9.17, 15) is 9.59 Å². The Morgan fingerprint density at radius 2 is 1.83 bits per heavy atom. The summed E-state index contributed by atoms with van der Waals surface area (Å²) in [7, 11) is 0. The van der Waals surface area contributed by atoms with Crippen LogP contribution >= 0.6 is 0 Å². The summed E-state index contributed by atoms with van der Waals surface area (Å²) in [5.41, 5.74) is 3.03. The van der Waals surface area contributed by atoms with Gasteiger partial charge in [0.2, 0.25) is 0 Å². The zero-order valence-corrected chi connectivity index (χ0v) is 17.3. The Balaban J connectivity index is 2.10. The minimum absolute atomic E-state index is 0.221. The molecule has 1 aliphatic heterocycles. The molecule has 1 saturated heterocycles. The van der Waals surface area contributed by atoms with E-state index in [-0.39, 0.29) is 12.5 Å². The maximum atomic E-state index is 13.2. The minimum Gasteiger partial charge on any atom is -0.465 e. The third-order valence-corrected chi connectivity index (χ3v) is 5.44. The Labute approximate surface area is 172 Å². The van der Waals surface area contributed by atoms with Crippen LogP contribution in [0.2, 0.25) is 0 Å². The molecule has 0 aliphatic carbocycles. The number of rotatable bonds is 6. The van der Waals surface area contributed by atoms with E-state index in [0.29, 0.717) is 12.8 Å². The smallest absolute Gasteiger partial charge is 0.321 e. The van der Waals surface area contributed by atoms with Crippen LogP contribution in [-0.2, 0) is 24.7 Å². The van der Waals surface area contributed by atoms with Crippen molar-refractivity contribution in [3.63, 3.8) is 0 Å². The van der Waals surface area contributed by atoms with Crippen molar-refractivity contribution >= 4 is 11.9 Å². The van der Waals surface area contributed by atoms with Crippen molar-refractivity contribution < 1.29 is 19.1 Å². The third kappa shape index (κ3) is 4.42. The Bertz CT molecular complexity index is 885. The van der Waals surface area contributed by atoms with Crippen LogP contribution in [-0.4, -0.2) is 18.5 Å². The van der Waals surface area contributed by atoms with E-state index in [0.717, 1.165) is 22.3 Å². The van der Waals surface area contributed by atoms with Crippen LogP contribution in [0.1, 0.15) is 49.3 Å². The predicted molar refractivity (Wildman–Crippen MR) is 112 cm³/mol. The topological polar surface area (TPSA) is 52.6 Å². The molecule has 1 fully saturated rings. The minimum atomic E-state index is -0.973. The van der Waals surface area contributed by atoms with Gasteiger partial charge < -0.3 is 9.47 Å². The van der Waals surface area contributed by atoms with Crippen LogP contribution in [0.25, 0.3) is 0 Å². The van der Waals surface area contributed by atoms with Crippen LogP contribution in [0.5, 0.6) is 0 Å². The van der Waals surface area contributed by atoms with Gasteiger partial charge in [0.25, 0.3) is 0 Å². The third-order valence-electron chi connectivity index (χ3n) is 5.44. The highest BCUT2D eigenvalue weighted by Gasteiger charge is 2.52. The lowest BCUT2D eigenvalue weighted by atomic mass is 9.71. The number of hydrogen-bond acceptors (Lipinski definition) is 4. The van der Waals surface area contributed by atoms with E-state index < -0.39 is 23.5 Å². The van der Waals surface area contributed by atoms with Crippen molar-refractivity contribution in [2.24, 2.45) is 5.92 Å². The number of ether oxygens (including phenoxy) is 2. The highest BCUT2D eigenvalue weighted by Crippen LogP contribution is 2.48. The first-order valence-electron chi connectivity index (χ1n) is 10.0. The summed E-state index contributed by atoms with van der Waals surface area (Å²) in [5.74, 6) is -2.37. The van der Waals surface area contributed by atoms with Gasteiger partial charge in [0, 0.05) is 18.8 Å². The van der Waals surface area contributed by atoms with Crippen LogP contribution in [0.15, 0.2) is 66.7 Å². The van der Waals surface area contributed by atoms with Crippen molar-refractivity contribution in [1.82, 2.24) is 0 Å². The molecule has 152 valence electrons. The molecule has 4 nitrogen and oxygen atoms in total. The van der Waals surface area contributed by atoms with Gasteiger partial charge in [-0.05, 0) is 31.9 Å². The zero-order chi connectivity index (χ0) is 21.0. The molecular weight excluding hydrogens is 364 g/mol. The molecule has 3 atom stereocenters. The maximum Gasteiger partial charge on any atom is 0.321 e. The highest BCUT2D eigenvalue weighted by molar-refractivity contribution is 5.97. The number of carbonyl (C=O) groups excluding carboxylic acids is 2. The van der Waals surface area contributed by atoms with Crippen LogP contribution in [0.4, 0.5) is 0 Å². The summed E-state index contributed by atoms with van der Waals surface area (Å²) in [5, 5.41) is 0. The van der Waals surface area contributed by atoms with Crippen molar-refractivity contribution in [2.75, 3.05) is 6.61 Å². The summed E-state index contributed by atoms with van der Waals surface area (Å²) in [4.78, 5) is 25.9. The number of cyclic esters (lactones) is 1. The van der Waals surface area contributed by atoms with Gasteiger partial charge in [0.1, 0.15) is 5.60 Å². The fraction of sp³-hybridized carbons (Fsp3) is 0.360. The molecule has 1 aliphatic rings. The second-order valence-electron chi connectivity index (χ2n) is 7.87. The molecule has 2 aromatic rings. The van der Waals surface area contributed by atoms with Crippen LogP contribution < -0.4 is 0 Å². The van der Waals surface area contributed by atoms with E-state index in [4.69, 9.17) is 9.47 Å². The average Bonchev–Trinajstić information content (AvgIpc) is 2.68. The normalized spacial score (nSPS) is 23.9. The summed E-state index contributed by atoms with van der Waals surface area (Å²) in [6, 6.07) is 17.7. The summed E-state index contributed by atoms with van der Waals surface area (Å²) in [6.45, 7) is 9.95. The highest BCUT2D eigenvalue weighted by atomic mass is 16.6. The number of carbonyl (C=O) groups is 2. The van der Waals surface area contributed by atoms with Crippen molar-refractivity contribution in [3.8, 4) is 0 Å². The lowest BCUT2D eigenvalue weighted by Crippen LogP contribution is -2.47. The summed E-state index contributed by atoms with van der Waals surface area (Å²) in [6.07, 6.45) is 0.989. The van der Waals surface area contributed by atoms with Crippen LogP contribution in [0, 0.1) is 12.8 Å². The fourth-order valence-corrected chi connectivity index (χ4v) is 4.17. The molecule has 0 N–H and O–H groups in total. The molecule has 0 unspecified atom stereocenters. The monoisotopic (exact) mass is 392 g/mol. The van der Waals surface area contributed by atoms with E-state index in [1.54, 1.807) is 6.92 Å². The maximum absolute atomic E-state index is 13.2. The van der Waals surface area contributed by atoms with Gasteiger partial charge in [0.05, 0.1) is 6.61 Å². The molecule has 0 spiro atoms. The van der Waals surface area contributed by atoms with Crippen molar-refractivity contribution in [1.29, 1.82) is 0 Å². The molecule has 0 amide bonds. The quantitative estimate of drug-likeness (QED) is 0.391. The van der Waals surface area contributed by atoms with Gasteiger partial charge in [-0.3, -0.25) is 9.59 Å². The molecule has 29 heavy (non-hydrogen) atoms. The summed E-state index contributed by atoms with van der Waals surface area (Å²) >= 11 is 0. The first-order valence-corrected chi connectivity index (χ1v) is 10.0. The van der Waals surface area contributed by atoms with Gasteiger partial charge in [0.15, 0.2) is 5.92 Å². The van der Waals surface area contributed by atoms with Gasteiger partial charge in [-0.15, -0.1) is 0 Å². The van der Waals surface area contributed by atoms with E-state index in [1.807, 2.05) is 68.4 Å². The molecule has 4 heteroatoms. The molecule has 2 aromatic carbocycles. The Morgan fingerprint density at radius 3 is 2.41 bits per heavy atom. The van der Waals surface area contributed by atoms with Gasteiger partial charge in [-0.2, -0.15) is 0 Å². The fourth-order valence-electron chi connectivity index (χ4n) is 4.17. The lowest BCUT2D eigenvalue weighted by molar-refractivity contribution is -0.186. The van der Waals surface area contributed by atoms with Gasteiger partial charge in [-0.25, -0.2) is 0 Å². The first kappa shape index (κ1) is 20.8. The predicted octanol–water partition coefficient (Wildman–Crippen LogP) is 5.07. The second kappa shape index (κ2) is 8.64. The van der Waals surface area contributed by atoms with E-state index in [1.165, 1.54) is 0 Å². The van der Waals surface area contributed by atoms with Crippen molar-refractivity contribution in [2.45, 2.75) is 45.1 Å². The zero-order valence-electron chi connectivity index (χ0n) is 17.3. The molecule has 1 heterocycles. The number of benzene rings is 2. The van der Waals surface area contributed by atoms with Gasteiger partial charge in [-0.1, -0.05) is 72.3 Å². The standard InChI is InChI=1S/C25H28O4/c1-5-28-23(26)22-21(19-13-11-18(4)12-14-19)16-25(15-17(2)3,29-24(22)27)20-9-7-6-8-10-20/h6-14,21-22H,2,5,15-16H2,1,3-4H3/t21-,22+,25+/m1/s1. The molecule has 0 aromatic heterocycles. The van der Waals surface area contributed by atoms with Crippen LogP contribution in [0.3, 0.4) is 0 Å². The van der Waals surface area contributed by atoms with Crippen molar-refractivity contribution in [3.05, 3.63) is 83.4 Å². The molecule has 0 saturated carbocycles. The number of hydrogen-bond donors (Lipinski definition) is 0. The molecular formula is C25H28O4. The van der Waals surface area contributed by atoms with Gasteiger partial charge >= 0.3 is 11.9 Å². The molecule has 0 bridgehead atoms. The Morgan fingerprint density at radius 1 is 1.17 bits per heavy atom. The Kier molecular flexibility index (Phi) is 6.21. The molecule has 3 rings (SSSR count). The van der Waals surface area contributed by atoms with E-state index in [2.05, 4.69) is 6.58 Å². The largest absolute Gasteiger partial charge is 0.465 e. The second-order valence-corrected chi connectivity index (χ2v) is 7.87. The lowest BCUT2D eigenvalue weighted by Gasteiger charge is -2.43. The average molecular weight is 392 g/mol. The number of aryl methyl sites for hydroxylation is 1. The first-order chi connectivity index (χ1) is 13.9. The van der Waals surface area contributed by atoms with E-state index >= 15 is 0 Å². The Hall–Kier alpha value is -2.88. The summed E-state index contributed by atoms with van der Waals surface area (Å²) < 4.78 is 11.3. The molecule has 0 radical (unpaired) electrons. The number of esters is 2.